The molecule has 4 heteroatoms. The predicted molar refractivity (Wildman–Crippen MR) is 68.1 cm³/mol. The Morgan fingerprint density at radius 3 is 2.72 bits per heavy atom. The molecule has 1 aliphatic heterocycles. The Balaban J connectivity index is 2.36. The molecule has 1 saturated heterocycles. The van der Waals surface area contributed by atoms with Gasteiger partial charge in [0.15, 0.2) is 0 Å². The first-order valence-electron chi connectivity index (χ1n) is 6.15. The molecule has 0 amide bonds. The number of ether oxygens (including phenoxy) is 3. The highest BCUT2D eigenvalue weighted by molar-refractivity contribution is 5.44. The first-order chi connectivity index (χ1) is 8.59. The normalized spacial score (nSPS) is 27.9. The molecule has 1 heterocycles. The average Bonchev–Trinajstić information content (AvgIpc) is 2.37. The Morgan fingerprint density at radius 1 is 1.33 bits per heavy atom. The number of aliphatic hydroxyl groups is 1. The maximum atomic E-state index is 10.8. The summed E-state index contributed by atoms with van der Waals surface area (Å²) in [4.78, 5) is 0. The second-order valence-electron chi connectivity index (χ2n) is 4.73. The van der Waals surface area contributed by atoms with Gasteiger partial charge in [-0.1, -0.05) is 0 Å². The largest absolute Gasteiger partial charge is 0.497 e. The lowest BCUT2D eigenvalue weighted by atomic mass is 9.83. The molecule has 0 aromatic heterocycles. The molecule has 100 valence electrons. The van der Waals surface area contributed by atoms with Crippen LogP contribution in [-0.4, -0.2) is 32.0 Å². The minimum atomic E-state index is -0.880. The third kappa shape index (κ3) is 2.44. The number of benzene rings is 1. The van der Waals surface area contributed by atoms with Gasteiger partial charge in [-0.2, -0.15) is 0 Å². The summed E-state index contributed by atoms with van der Waals surface area (Å²) in [7, 11) is 3.21. The Morgan fingerprint density at radius 2 is 2.11 bits per heavy atom. The van der Waals surface area contributed by atoms with E-state index in [0.717, 1.165) is 11.3 Å². The molecule has 18 heavy (non-hydrogen) atoms. The van der Waals surface area contributed by atoms with Gasteiger partial charge in [0.2, 0.25) is 0 Å². The van der Waals surface area contributed by atoms with E-state index in [2.05, 4.69) is 0 Å². The zero-order chi connectivity index (χ0) is 13.2. The Bertz CT molecular complexity index is 418. The highest BCUT2D eigenvalue weighted by Gasteiger charge is 2.37. The van der Waals surface area contributed by atoms with Crippen LogP contribution in [0.25, 0.3) is 0 Å². The zero-order valence-electron chi connectivity index (χ0n) is 11.1. The van der Waals surface area contributed by atoms with Gasteiger partial charge in [0.1, 0.15) is 11.5 Å². The summed E-state index contributed by atoms with van der Waals surface area (Å²) in [5.41, 5.74) is -0.0732. The summed E-state index contributed by atoms with van der Waals surface area (Å²) in [6, 6.07) is 5.51. The zero-order valence-corrected chi connectivity index (χ0v) is 11.1. The van der Waals surface area contributed by atoms with E-state index in [-0.39, 0.29) is 6.10 Å². The highest BCUT2D eigenvalue weighted by Crippen LogP contribution is 2.40. The average molecular weight is 252 g/mol. The monoisotopic (exact) mass is 252 g/mol. The second kappa shape index (κ2) is 5.16. The number of rotatable bonds is 3. The molecule has 2 atom stereocenters. The molecule has 0 radical (unpaired) electrons. The summed E-state index contributed by atoms with van der Waals surface area (Å²) in [6.07, 6.45) is 1.21. The molecule has 1 aromatic rings. The lowest BCUT2D eigenvalue weighted by Gasteiger charge is -2.36. The van der Waals surface area contributed by atoms with Crippen molar-refractivity contribution in [3.05, 3.63) is 23.8 Å². The van der Waals surface area contributed by atoms with E-state index in [1.54, 1.807) is 20.3 Å². The molecular weight excluding hydrogens is 232 g/mol. The van der Waals surface area contributed by atoms with Crippen molar-refractivity contribution in [2.24, 2.45) is 0 Å². The Hall–Kier alpha value is -1.26. The Kier molecular flexibility index (Phi) is 3.78. The fourth-order valence-corrected chi connectivity index (χ4v) is 2.49. The summed E-state index contributed by atoms with van der Waals surface area (Å²) in [6.45, 7) is 2.53. The van der Waals surface area contributed by atoms with Gasteiger partial charge in [0, 0.05) is 24.5 Å². The van der Waals surface area contributed by atoms with Crippen molar-refractivity contribution in [2.45, 2.75) is 31.5 Å². The minimum absolute atomic E-state index is 0.0514. The van der Waals surface area contributed by atoms with E-state index in [4.69, 9.17) is 14.2 Å². The van der Waals surface area contributed by atoms with Crippen LogP contribution in [0.15, 0.2) is 18.2 Å². The van der Waals surface area contributed by atoms with Crippen LogP contribution in [0.2, 0.25) is 0 Å². The number of hydrogen-bond acceptors (Lipinski definition) is 4. The molecule has 0 spiro atoms. The molecular formula is C14H20O4. The highest BCUT2D eigenvalue weighted by atomic mass is 16.5. The van der Waals surface area contributed by atoms with Crippen molar-refractivity contribution in [1.29, 1.82) is 0 Å². The molecule has 1 aliphatic rings. The van der Waals surface area contributed by atoms with E-state index < -0.39 is 5.60 Å². The molecule has 1 N–H and O–H groups in total. The van der Waals surface area contributed by atoms with Crippen LogP contribution in [0.3, 0.4) is 0 Å². The van der Waals surface area contributed by atoms with Crippen LogP contribution in [0.5, 0.6) is 11.5 Å². The summed E-state index contributed by atoms with van der Waals surface area (Å²) in [5, 5.41) is 10.8. The first kappa shape index (κ1) is 13.2. The van der Waals surface area contributed by atoms with Crippen molar-refractivity contribution < 1.29 is 19.3 Å². The summed E-state index contributed by atoms with van der Waals surface area (Å²) in [5.74, 6) is 1.38. The molecule has 0 aliphatic carbocycles. The second-order valence-corrected chi connectivity index (χ2v) is 4.73. The van der Waals surface area contributed by atoms with Crippen molar-refractivity contribution in [3.63, 3.8) is 0 Å². The van der Waals surface area contributed by atoms with Crippen LogP contribution in [0, 0.1) is 0 Å². The van der Waals surface area contributed by atoms with Crippen molar-refractivity contribution in [2.75, 3.05) is 20.8 Å². The SMILES string of the molecule is COc1ccc(C2(O)CCOC(C)C2)c(OC)c1. The van der Waals surface area contributed by atoms with Crippen LogP contribution < -0.4 is 9.47 Å². The van der Waals surface area contributed by atoms with Crippen LogP contribution >= 0.6 is 0 Å². The lowest BCUT2D eigenvalue weighted by Crippen LogP contribution is -2.37. The lowest BCUT2D eigenvalue weighted by molar-refractivity contribution is -0.102. The molecule has 1 fully saturated rings. The standard InChI is InChI=1S/C14H20O4/c1-10-9-14(15,6-7-18-10)12-5-4-11(16-2)8-13(12)17-3/h4-5,8,10,15H,6-7,9H2,1-3H3. The van der Waals surface area contributed by atoms with Gasteiger partial charge < -0.3 is 19.3 Å². The number of methoxy groups -OCH3 is 2. The summed E-state index contributed by atoms with van der Waals surface area (Å²) < 4.78 is 16.0. The first-order valence-corrected chi connectivity index (χ1v) is 6.15. The molecule has 4 nitrogen and oxygen atoms in total. The van der Waals surface area contributed by atoms with Gasteiger partial charge in [-0.15, -0.1) is 0 Å². The van der Waals surface area contributed by atoms with Gasteiger partial charge in [-0.25, -0.2) is 0 Å². The van der Waals surface area contributed by atoms with Gasteiger partial charge >= 0.3 is 0 Å². The minimum Gasteiger partial charge on any atom is -0.497 e. The van der Waals surface area contributed by atoms with Gasteiger partial charge in [0.25, 0.3) is 0 Å². The smallest absolute Gasteiger partial charge is 0.128 e. The van der Waals surface area contributed by atoms with E-state index in [0.29, 0.717) is 25.2 Å². The summed E-state index contributed by atoms with van der Waals surface area (Å²) >= 11 is 0. The van der Waals surface area contributed by atoms with E-state index in [1.807, 2.05) is 19.1 Å². The molecule has 2 unspecified atom stereocenters. The van der Waals surface area contributed by atoms with Gasteiger partial charge in [0.05, 0.1) is 32.5 Å². The predicted octanol–water partition coefficient (Wildman–Crippen LogP) is 2.09. The Labute approximate surface area is 107 Å². The van der Waals surface area contributed by atoms with Crippen LogP contribution in [0.1, 0.15) is 25.3 Å². The van der Waals surface area contributed by atoms with E-state index in [9.17, 15) is 5.11 Å². The third-order valence-electron chi connectivity index (χ3n) is 3.45. The molecule has 0 saturated carbocycles. The van der Waals surface area contributed by atoms with Crippen LogP contribution in [-0.2, 0) is 10.3 Å². The van der Waals surface area contributed by atoms with Crippen molar-refractivity contribution in [1.82, 2.24) is 0 Å². The van der Waals surface area contributed by atoms with Crippen molar-refractivity contribution in [3.8, 4) is 11.5 Å². The molecule has 0 bridgehead atoms. The fourth-order valence-electron chi connectivity index (χ4n) is 2.49. The quantitative estimate of drug-likeness (QED) is 0.895. The fraction of sp³-hybridized carbons (Fsp3) is 0.571. The van der Waals surface area contributed by atoms with Crippen molar-refractivity contribution >= 4 is 0 Å². The molecule has 2 rings (SSSR count). The maximum absolute atomic E-state index is 10.8. The van der Waals surface area contributed by atoms with Gasteiger partial charge in [-0.3, -0.25) is 0 Å². The van der Waals surface area contributed by atoms with E-state index in [1.165, 1.54) is 0 Å². The topological polar surface area (TPSA) is 47.9 Å². The maximum Gasteiger partial charge on any atom is 0.128 e. The number of hydrogen-bond donors (Lipinski definition) is 1. The molecule has 1 aromatic carbocycles. The van der Waals surface area contributed by atoms with Crippen LogP contribution in [0.4, 0.5) is 0 Å². The van der Waals surface area contributed by atoms with Gasteiger partial charge in [-0.05, 0) is 19.1 Å². The third-order valence-corrected chi connectivity index (χ3v) is 3.45. The van der Waals surface area contributed by atoms with E-state index >= 15 is 0 Å².